The predicted octanol–water partition coefficient (Wildman–Crippen LogP) is 6.06. The minimum Gasteiger partial charge on any atom is -0.303 e. The Kier molecular flexibility index (Phi) is 6.48. The lowest BCUT2D eigenvalue weighted by atomic mass is 9.76. The Morgan fingerprint density at radius 1 is 0.806 bits per heavy atom. The Hall–Kier alpha value is -3.57. The molecule has 0 bridgehead atoms. The summed E-state index contributed by atoms with van der Waals surface area (Å²) in [4.78, 5) is 7.60. The van der Waals surface area contributed by atoms with Gasteiger partial charge in [-0.05, 0) is 81.4 Å². The molecule has 1 saturated heterocycles. The number of nitrogens with zero attached hydrogens (tertiary/aromatic N) is 5. The fourth-order valence-corrected chi connectivity index (χ4v) is 5.99. The summed E-state index contributed by atoms with van der Waals surface area (Å²) in [5.74, 6) is 2.06. The van der Waals surface area contributed by atoms with Crippen molar-refractivity contribution in [1.29, 1.82) is 0 Å². The molecule has 3 aromatic carbocycles. The molecule has 0 atom stereocenters. The molecule has 0 spiro atoms. The SMILES string of the molecule is Cc1nnc2c(CCCN3CCC(C(c4ccccc4)c4ccccc4)CC3)nc3ccccc3n12. The van der Waals surface area contributed by atoms with E-state index in [1.165, 1.54) is 24.0 Å². The molecule has 0 aliphatic carbocycles. The summed E-state index contributed by atoms with van der Waals surface area (Å²) in [6, 6.07) is 30.4. The van der Waals surface area contributed by atoms with E-state index in [2.05, 4.69) is 92.3 Å². The second-order valence-electron chi connectivity index (χ2n) is 10.0. The first-order chi connectivity index (χ1) is 17.8. The van der Waals surface area contributed by atoms with Crippen LogP contribution in [0.25, 0.3) is 16.7 Å². The maximum Gasteiger partial charge on any atom is 0.183 e. The summed E-state index contributed by atoms with van der Waals surface area (Å²) in [6.07, 6.45) is 4.47. The molecular formula is C31H33N5. The minimum absolute atomic E-state index is 0.473. The normalized spacial score (nSPS) is 15.3. The molecule has 5 aromatic rings. The molecule has 0 N–H and O–H groups in total. The summed E-state index contributed by atoms with van der Waals surface area (Å²) >= 11 is 0. The Bertz CT molecular complexity index is 1400. The van der Waals surface area contributed by atoms with Crippen molar-refractivity contribution in [2.45, 2.75) is 38.5 Å². The maximum absolute atomic E-state index is 4.96. The number of aryl methyl sites for hydroxylation is 2. The Labute approximate surface area is 212 Å². The van der Waals surface area contributed by atoms with E-state index < -0.39 is 0 Å². The van der Waals surface area contributed by atoms with Gasteiger partial charge in [0.2, 0.25) is 0 Å². The number of likely N-dealkylation sites (tertiary alicyclic amines) is 1. The number of aromatic nitrogens is 4. The fraction of sp³-hybridized carbons (Fsp3) is 0.323. The van der Waals surface area contributed by atoms with Gasteiger partial charge in [0.1, 0.15) is 5.82 Å². The summed E-state index contributed by atoms with van der Waals surface area (Å²) in [5.41, 5.74) is 6.92. The zero-order valence-corrected chi connectivity index (χ0v) is 20.9. The van der Waals surface area contributed by atoms with Crippen molar-refractivity contribution in [2.75, 3.05) is 19.6 Å². The van der Waals surface area contributed by atoms with Crippen molar-refractivity contribution in [2.24, 2.45) is 5.92 Å². The van der Waals surface area contributed by atoms with Gasteiger partial charge < -0.3 is 4.90 Å². The van der Waals surface area contributed by atoms with Crippen molar-refractivity contribution in [1.82, 2.24) is 24.5 Å². The molecule has 5 heteroatoms. The second kappa shape index (κ2) is 10.2. The van der Waals surface area contributed by atoms with Crippen LogP contribution in [0.4, 0.5) is 0 Å². The van der Waals surface area contributed by atoms with E-state index >= 15 is 0 Å². The molecule has 6 rings (SSSR count). The van der Waals surface area contributed by atoms with Gasteiger partial charge in [-0.2, -0.15) is 0 Å². The van der Waals surface area contributed by atoms with Gasteiger partial charge in [0.25, 0.3) is 0 Å². The van der Waals surface area contributed by atoms with Crippen LogP contribution in [0, 0.1) is 12.8 Å². The molecular weight excluding hydrogens is 442 g/mol. The van der Waals surface area contributed by atoms with Gasteiger partial charge in [0, 0.05) is 5.92 Å². The fourth-order valence-electron chi connectivity index (χ4n) is 5.99. The van der Waals surface area contributed by atoms with Crippen LogP contribution in [0.5, 0.6) is 0 Å². The van der Waals surface area contributed by atoms with E-state index in [1.807, 2.05) is 19.1 Å². The molecule has 1 fully saturated rings. The van der Waals surface area contributed by atoms with Crippen molar-refractivity contribution in [3.63, 3.8) is 0 Å². The van der Waals surface area contributed by atoms with Gasteiger partial charge in [0.05, 0.1) is 16.7 Å². The van der Waals surface area contributed by atoms with E-state index in [0.717, 1.165) is 60.7 Å². The number of fused-ring (bicyclic) bond motifs is 3. The third-order valence-electron chi connectivity index (χ3n) is 7.77. The van der Waals surface area contributed by atoms with Crippen LogP contribution >= 0.6 is 0 Å². The summed E-state index contributed by atoms with van der Waals surface area (Å²) < 4.78 is 2.15. The monoisotopic (exact) mass is 475 g/mol. The smallest absolute Gasteiger partial charge is 0.183 e. The molecule has 0 unspecified atom stereocenters. The quantitative estimate of drug-likeness (QED) is 0.287. The molecule has 1 aliphatic rings. The first kappa shape index (κ1) is 22.9. The van der Waals surface area contributed by atoms with Gasteiger partial charge in [-0.3, -0.25) is 4.40 Å². The average Bonchev–Trinajstić information content (AvgIpc) is 3.33. The van der Waals surface area contributed by atoms with Crippen LogP contribution in [0.2, 0.25) is 0 Å². The van der Waals surface area contributed by atoms with Gasteiger partial charge >= 0.3 is 0 Å². The summed E-state index contributed by atoms with van der Waals surface area (Å²) in [6.45, 7) is 5.43. The Morgan fingerprint density at radius 2 is 1.44 bits per heavy atom. The zero-order chi connectivity index (χ0) is 24.3. The topological polar surface area (TPSA) is 46.3 Å². The van der Waals surface area contributed by atoms with Gasteiger partial charge in [-0.1, -0.05) is 72.8 Å². The first-order valence-electron chi connectivity index (χ1n) is 13.2. The molecule has 0 radical (unpaired) electrons. The summed E-state index contributed by atoms with van der Waals surface area (Å²) in [5, 5.41) is 8.80. The van der Waals surface area contributed by atoms with Crippen molar-refractivity contribution in [3.05, 3.63) is 108 Å². The maximum atomic E-state index is 4.96. The molecule has 0 amide bonds. The number of piperidine rings is 1. The zero-order valence-electron chi connectivity index (χ0n) is 20.9. The largest absolute Gasteiger partial charge is 0.303 e. The lowest BCUT2D eigenvalue weighted by Gasteiger charge is -2.36. The molecule has 3 heterocycles. The number of para-hydroxylation sites is 2. The van der Waals surface area contributed by atoms with E-state index in [1.54, 1.807) is 0 Å². The van der Waals surface area contributed by atoms with Gasteiger partial charge in [0.15, 0.2) is 5.65 Å². The second-order valence-corrected chi connectivity index (χ2v) is 10.0. The van der Waals surface area contributed by atoms with Crippen LogP contribution in [0.15, 0.2) is 84.9 Å². The van der Waals surface area contributed by atoms with E-state index in [0.29, 0.717) is 11.8 Å². The highest BCUT2D eigenvalue weighted by Crippen LogP contribution is 2.38. The van der Waals surface area contributed by atoms with Gasteiger partial charge in [-0.15, -0.1) is 10.2 Å². The molecule has 1 aliphatic heterocycles. The first-order valence-corrected chi connectivity index (χ1v) is 13.2. The molecule has 2 aromatic heterocycles. The predicted molar refractivity (Wildman–Crippen MR) is 145 cm³/mol. The van der Waals surface area contributed by atoms with Gasteiger partial charge in [-0.25, -0.2) is 4.98 Å². The van der Waals surface area contributed by atoms with Crippen molar-refractivity contribution < 1.29 is 0 Å². The van der Waals surface area contributed by atoms with E-state index in [9.17, 15) is 0 Å². The number of hydrogen-bond donors (Lipinski definition) is 0. The summed E-state index contributed by atoms with van der Waals surface area (Å²) in [7, 11) is 0. The third kappa shape index (κ3) is 4.51. The number of benzene rings is 3. The lowest BCUT2D eigenvalue weighted by molar-refractivity contribution is 0.173. The highest BCUT2D eigenvalue weighted by atomic mass is 15.3. The molecule has 36 heavy (non-hydrogen) atoms. The van der Waals surface area contributed by atoms with E-state index in [4.69, 9.17) is 4.98 Å². The standard InChI is InChI=1S/C31H33N5/c1-23-33-34-31-28(32-27-15-8-9-17-29(27)36(23)31)16-10-20-35-21-18-26(19-22-35)30(24-11-4-2-5-12-24)25-13-6-3-7-14-25/h2-9,11-15,17,26,30H,10,16,18-22H2,1H3. The Morgan fingerprint density at radius 3 is 2.14 bits per heavy atom. The van der Waals surface area contributed by atoms with Crippen LogP contribution in [0.1, 0.15) is 47.8 Å². The molecule has 182 valence electrons. The highest BCUT2D eigenvalue weighted by Gasteiger charge is 2.28. The van der Waals surface area contributed by atoms with Crippen LogP contribution < -0.4 is 0 Å². The van der Waals surface area contributed by atoms with E-state index in [-0.39, 0.29) is 0 Å². The average molecular weight is 476 g/mol. The molecule has 5 nitrogen and oxygen atoms in total. The van der Waals surface area contributed by atoms with Crippen LogP contribution in [0.3, 0.4) is 0 Å². The minimum atomic E-state index is 0.473. The van der Waals surface area contributed by atoms with Crippen molar-refractivity contribution in [3.8, 4) is 0 Å². The Balaban J connectivity index is 1.11. The van der Waals surface area contributed by atoms with Crippen molar-refractivity contribution >= 4 is 16.7 Å². The lowest BCUT2D eigenvalue weighted by Crippen LogP contribution is -2.36. The van der Waals surface area contributed by atoms with Crippen LogP contribution in [-0.2, 0) is 6.42 Å². The third-order valence-corrected chi connectivity index (χ3v) is 7.77. The molecule has 0 saturated carbocycles. The number of rotatable bonds is 7. The number of hydrogen-bond acceptors (Lipinski definition) is 4. The highest BCUT2D eigenvalue weighted by molar-refractivity contribution is 5.78. The van der Waals surface area contributed by atoms with Crippen LogP contribution in [-0.4, -0.2) is 44.1 Å².